The Labute approximate surface area is 121 Å². The molecule has 0 bridgehead atoms. The number of rotatable bonds is 5. The highest BCUT2D eigenvalue weighted by molar-refractivity contribution is 7.89. The number of nitrogens with one attached hydrogen (secondary N) is 1. The Morgan fingerprint density at radius 2 is 2.25 bits per heavy atom. The number of hydrogen-bond acceptors (Lipinski definition) is 3. The predicted octanol–water partition coefficient (Wildman–Crippen LogP) is 2.04. The zero-order valence-electron chi connectivity index (χ0n) is 10.6. The van der Waals surface area contributed by atoms with Crippen LogP contribution >= 0.6 is 11.6 Å². The van der Waals surface area contributed by atoms with Crippen molar-refractivity contribution in [3.05, 3.63) is 47.5 Å². The minimum atomic E-state index is -3.80. The zero-order chi connectivity index (χ0) is 14.8. The fourth-order valence-corrected chi connectivity index (χ4v) is 3.51. The maximum atomic E-state index is 12.9. The van der Waals surface area contributed by atoms with Crippen LogP contribution in [0.2, 0.25) is 5.02 Å². The number of halogens is 2. The Morgan fingerprint density at radius 1 is 1.50 bits per heavy atom. The molecule has 0 amide bonds. The summed E-state index contributed by atoms with van der Waals surface area (Å²) in [4.78, 5) is -0.145. The predicted molar refractivity (Wildman–Crippen MR) is 73.4 cm³/mol. The van der Waals surface area contributed by atoms with Crippen LogP contribution in [-0.4, -0.2) is 24.2 Å². The number of aromatic nitrogens is 2. The van der Waals surface area contributed by atoms with Gasteiger partial charge in [0.2, 0.25) is 10.0 Å². The highest BCUT2D eigenvalue weighted by atomic mass is 35.5. The Balaban J connectivity index is 2.14. The van der Waals surface area contributed by atoms with E-state index in [4.69, 9.17) is 11.6 Å². The standard InChI is InChI=1S/C12H13ClFN3O2S/c1-9(8-17-6-2-5-15-17)16-20(18,19)12-4-3-10(14)7-11(12)13/h2-7,9,16H,8H2,1H3/t9-/m1/s1. The molecule has 0 spiro atoms. The molecule has 8 heteroatoms. The lowest BCUT2D eigenvalue weighted by molar-refractivity contribution is 0.494. The third-order valence-electron chi connectivity index (χ3n) is 2.56. The molecule has 5 nitrogen and oxygen atoms in total. The number of benzene rings is 1. The van der Waals surface area contributed by atoms with E-state index in [1.165, 1.54) is 0 Å². The van der Waals surface area contributed by atoms with Gasteiger partial charge in [-0.25, -0.2) is 17.5 Å². The Kier molecular flexibility index (Phi) is 4.42. The summed E-state index contributed by atoms with van der Waals surface area (Å²) in [5, 5.41) is 3.85. The number of sulfonamides is 1. The Bertz CT molecular complexity index is 689. The summed E-state index contributed by atoms with van der Waals surface area (Å²) in [7, 11) is -3.80. The van der Waals surface area contributed by atoms with Gasteiger partial charge < -0.3 is 0 Å². The second-order valence-electron chi connectivity index (χ2n) is 4.33. The van der Waals surface area contributed by atoms with Crippen molar-refractivity contribution >= 4 is 21.6 Å². The van der Waals surface area contributed by atoms with Gasteiger partial charge in [0, 0.05) is 18.4 Å². The van der Waals surface area contributed by atoms with Gasteiger partial charge in [0.05, 0.1) is 11.6 Å². The van der Waals surface area contributed by atoms with E-state index in [1.54, 1.807) is 30.1 Å². The minimum Gasteiger partial charge on any atom is -0.271 e. The summed E-state index contributed by atoms with van der Waals surface area (Å²) in [6, 6.07) is 4.52. The Hall–Kier alpha value is -1.44. The lowest BCUT2D eigenvalue weighted by Gasteiger charge is -2.15. The molecule has 0 aliphatic carbocycles. The molecule has 2 rings (SSSR count). The van der Waals surface area contributed by atoms with E-state index in [1.807, 2.05) is 0 Å². The van der Waals surface area contributed by atoms with Gasteiger partial charge in [0.25, 0.3) is 0 Å². The highest BCUT2D eigenvalue weighted by Gasteiger charge is 2.21. The molecule has 0 saturated heterocycles. The van der Waals surface area contributed by atoms with Gasteiger partial charge in [-0.15, -0.1) is 0 Å². The third-order valence-corrected chi connectivity index (χ3v) is 4.63. The molecule has 1 N–H and O–H groups in total. The summed E-state index contributed by atoms with van der Waals surface area (Å²) in [6.45, 7) is 2.09. The van der Waals surface area contributed by atoms with Crippen molar-refractivity contribution in [1.82, 2.24) is 14.5 Å². The minimum absolute atomic E-state index is 0.145. The average molecular weight is 318 g/mol. The average Bonchev–Trinajstić information content (AvgIpc) is 2.79. The first-order chi connectivity index (χ1) is 9.38. The van der Waals surface area contributed by atoms with Gasteiger partial charge in [-0.1, -0.05) is 11.6 Å². The van der Waals surface area contributed by atoms with Crippen LogP contribution in [0, 0.1) is 5.82 Å². The highest BCUT2D eigenvalue weighted by Crippen LogP contribution is 2.22. The molecule has 0 unspecified atom stereocenters. The van der Waals surface area contributed by atoms with Crippen LogP contribution in [-0.2, 0) is 16.6 Å². The van der Waals surface area contributed by atoms with Crippen LogP contribution < -0.4 is 4.72 Å². The molecule has 2 aromatic rings. The monoisotopic (exact) mass is 317 g/mol. The fourth-order valence-electron chi connectivity index (χ4n) is 1.75. The van der Waals surface area contributed by atoms with Crippen molar-refractivity contribution in [3.8, 4) is 0 Å². The summed E-state index contributed by atoms with van der Waals surface area (Å²) >= 11 is 5.76. The molecule has 0 saturated carbocycles. The van der Waals surface area contributed by atoms with E-state index < -0.39 is 15.8 Å². The third kappa shape index (κ3) is 3.56. The van der Waals surface area contributed by atoms with E-state index >= 15 is 0 Å². The molecule has 1 heterocycles. The van der Waals surface area contributed by atoms with E-state index in [2.05, 4.69) is 9.82 Å². The van der Waals surface area contributed by atoms with E-state index in [0.29, 0.717) is 6.54 Å². The van der Waals surface area contributed by atoms with Gasteiger partial charge in [-0.2, -0.15) is 5.10 Å². The van der Waals surface area contributed by atoms with Gasteiger partial charge in [-0.3, -0.25) is 4.68 Å². The lowest BCUT2D eigenvalue weighted by atomic mass is 10.3. The molecule has 20 heavy (non-hydrogen) atoms. The van der Waals surface area contributed by atoms with Crippen molar-refractivity contribution in [2.45, 2.75) is 24.4 Å². The molecule has 1 atom stereocenters. The first-order valence-corrected chi connectivity index (χ1v) is 7.69. The van der Waals surface area contributed by atoms with Gasteiger partial charge in [0.1, 0.15) is 10.7 Å². The zero-order valence-corrected chi connectivity index (χ0v) is 12.2. The smallest absolute Gasteiger partial charge is 0.242 e. The molecule has 0 fully saturated rings. The topological polar surface area (TPSA) is 64.0 Å². The van der Waals surface area contributed by atoms with Gasteiger partial charge in [-0.05, 0) is 31.2 Å². The fraction of sp³-hybridized carbons (Fsp3) is 0.250. The summed E-state index contributed by atoms with van der Waals surface area (Å²) < 4.78 is 41.3. The van der Waals surface area contributed by atoms with Crippen LogP contribution in [0.1, 0.15) is 6.92 Å². The van der Waals surface area contributed by atoms with E-state index in [0.717, 1.165) is 18.2 Å². The number of hydrogen-bond donors (Lipinski definition) is 1. The van der Waals surface area contributed by atoms with E-state index in [-0.39, 0.29) is 16.0 Å². The summed E-state index contributed by atoms with van der Waals surface area (Å²) in [6.07, 6.45) is 3.34. The molecular weight excluding hydrogens is 305 g/mol. The largest absolute Gasteiger partial charge is 0.271 e. The van der Waals surface area contributed by atoms with Crippen LogP contribution in [0.3, 0.4) is 0 Å². The molecular formula is C12H13ClFN3O2S. The molecule has 108 valence electrons. The van der Waals surface area contributed by atoms with Crippen molar-refractivity contribution in [1.29, 1.82) is 0 Å². The van der Waals surface area contributed by atoms with Crippen molar-refractivity contribution < 1.29 is 12.8 Å². The molecule has 1 aromatic heterocycles. The molecule has 1 aromatic carbocycles. The van der Waals surface area contributed by atoms with Crippen LogP contribution in [0.15, 0.2) is 41.6 Å². The van der Waals surface area contributed by atoms with Crippen LogP contribution in [0.5, 0.6) is 0 Å². The molecule has 0 aliphatic heterocycles. The SMILES string of the molecule is C[C@H](Cn1cccn1)NS(=O)(=O)c1ccc(F)cc1Cl. The van der Waals surface area contributed by atoms with Gasteiger partial charge >= 0.3 is 0 Å². The number of nitrogens with zero attached hydrogens (tertiary/aromatic N) is 2. The molecule has 0 aliphatic rings. The second-order valence-corrected chi connectivity index (χ2v) is 6.41. The normalized spacial score (nSPS) is 13.3. The van der Waals surface area contributed by atoms with Crippen molar-refractivity contribution in [3.63, 3.8) is 0 Å². The van der Waals surface area contributed by atoms with Crippen molar-refractivity contribution in [2.24, 2.45) is 0 Å². The first-order valence-electron chi connectivity index (χ1n) is 5.83. The summed E-state index contributed by atoms with van der Waals surface area (Å²) in [5.41, 5.74) is 0. The van der Waals surface area contributed by atoms with E-state index in [9.17, 15) is 12.8 Å². The van der Waals surface area contributed by atoms with Crippen molar-refractivity contribution in [2.75, 3.05) is 0 Å². The van der Waals surface area contributed by atoms with Crippen LogP contribution in [0.4, 0.5) is 4.39 Å². The second kappa shape index (κ2) is 5.90. The Morgan fingerprint density at radius 3 is 2.85 bits per heavy atom. The van der Waals surface area contributed by atoms with Crippen LogP contribution in [0.25, 0.3) is 0 Å². The molecule has 0 radical (unpaired) electrons. The van der Waals surface area contributed by atoms with Gasteiger partial charge in [0.15, 0.2) is 0 Å². The quantitative estimate of drug-likeness (QED) is 0.918. The summed E-state index contributed by atoms with van der Waals surface area (Å²) in [5.74, 6) is -0.585. The maximum absolute atomic E-state index is 12.9. The maximum Gasteiger partial charge on any atom is 0.242 e. The first kappa shape index (κ1) is 15.0. The lowest BCUT2D eigenvalue weighted by Crippen LogP contribution is -2.35.